The quantitative estimate of drug-likeness (QED) is 0.494. The van der Waals surface area contributed by atoms with Gasteiger partial charge in [-0.3, -0.25) is 4.79 Å². The van der Waals surface area contributed by atoms with Crippen molar-refractivity contribution in [1.29, 1.82) is 0 Å². The predicted molar refractivity (Wildman–Crippen MR) is 134 cm³/mol. The number of nitrogens with zero attached hydrogens (tertiary/aromatic N) is 4. The number of hydrogen-bond acceptors (Lipinski definition) is 6. The minimum Gasteiger partial charge on any atom is -0.352 e. The number of aromatic nitrogens is 3. The van der Waals surface area contributed by atoms with Crippen LogP contribution in [0.5, 0.6) is 0 Å². The highest BCUT2D eigenvalue weighted by Crippen LogP contribution is 2.46. The first-order valence-corrected chi connectivity index (χ1v) is 13.2. The van der Waals surface area contributed by atoms with Gasteiger partial charge in [0, 0.05) is 44.0 Å². The molecule has 1 saturated heterocycles. The molecule has 0 atom stereocenters. The number of piperazine rings is 1. The van der Waals surface area contributed by atoms with Crippen LogP contribution >= 0.6 is 0 Å². The average Bonchev–Trinajstić information content (AvgIpc) is 3.27. The summed E-state index contributed by atoms with van der Waals surface area (Å²) in [6, 6.07) is 8.05. The molecule has 0 radical (unpaired) electrons. The molecule has 1 spiro atoms. The number of hydrogen-bond donors (Lipinski definition) is 2. The molecule has 11 heteroatoms. The number of benzene rings is 1. The molecule has 0 unspecified atom stereocenters. The minimum atomic E-state index is -3.75. The summed E-state index contributed by atoms with van der Waals surface area (Å²) in [5.41, 5.74) is 1.03. The first kappa shape index (κ1) is 22.6. The van der Waals surface area contributed by atoms with E-state index in [1.54, 1.807) is 30.6 Å². The zero-order valence-corrected chi connectivity index (χ0v) is 20.3. The monoisotopic (exact) mass is 505 g/mol. The van der Waals surface area contributed by atoms with Crippen molar-refractivity contribution in [3.8, 4) is 0 Å². The SMILES string of the molecule is C=C1C=CC(CNS(=O)(=O)c2ccc(C(=O)N3CCN(c4ncnc5[nH]ccc45)CC34CC4)cc2)=[O+]1. The van der Waals surface area contributed by atoms with Gasteiger partial charge < -0.3 is 14.8 Å². The number of sulfonamides is 1. The number of carbonyl (C=O) groups excluding carboxylic acids is 2. The third kappa shape index (κ3) is 3.99. The van der Waals surface area contributed by atoms with Crippen LogP contribution in [0.25, 0.3) is 11.0 Å². The van der Waals surface area contributed by atoms with Crippen LogP contribution in [0.4, 0.5) is 5.82 Å². The van der Waals surface area contributed by atoms with Crippen molar-refractivity contribution in [3.63, 3.8) is 0 Å². The second-order valence-corrected chi connectivity index (χ2v) is 11.0. The summed E-state index contributed by atoms with van der Waals surface area (Å²) in [6.07, 6.45) is 8.60. The Labute approximate surface area is 208 Å². The Morgan fingerprint density at radius 1 is 1.14 bits per heavy atom. The third-order valence-corrected chi connectivity index (χ3v) is 8.34. The van der Waals surface area contributed by atoms with Crippen molar-refractivity contribution >= 4 is 38.6 Å². The van der Waals surface area contributed by atoms with Crippen molar-refractivity contribution in [2.75, 3.05) is 31.1 Å². The summed E-state index contributed by atoms with van der Waals surface area (Å²) >= 11 is 0. The highest BCUT2D eigenvalue weighted by atomic mass is 32.2. The smallest absolute Gasteiger partial charge is 0.346 e. The van der Waals surface area contributed by atoms with Gasteiger partial charge >= 0.3 is 11.5 Å². The van der Waals surface area contributed by atoms with E-state index in [2.05, 4.69) is 31.2 Å². The lowest BCUT2D eigenvalue weighted by molar-refractivity contribution is -0.386. The van der Waals surface area contributed by atoms with E-state index in [0.717, 1.165) is 29.7 Å². The fraction of sp³-hybridized carbons (Fsp3) is 0.280. The van der Waals surface area contributed by atoms with E-state index in [4.69, 9.17) is 4.42 Å². The molecular formula is C25H25N6O4S+. The lowest BCUT2D eigenvalue weighted by Gasteiger charge is -2.42. The Balaban J connectivity index is 1.15. The van der Waals surface area contributed by atoms with Crippen LogP contribution in [-0.4, -0.2) is 71.7 Å². The molecule has 2 aliphatic heterocycles. The molecule has 2 N–H and O–H groups in total. The van der Waals surface area contributed by atoms with E-state index in [0.29, 0.717) is 36.7 Å². The number of anilines is 1. The number of H-pyrrole nitrogens is 1. The summed E-state index contributed by atoms with van der Waals surface area (Å²) in [5.74, 6) is 1.74. The number of carbonyl (C=O) groups is 1. The van der Waals surface area contributed by atoms with Gasteiger partial charge in [-0.1, -0.05) is 0 Å². The molecule has 1 amide bonds. The van der Waals surface area contributed by atoms with Crippen LogP contribution in [0.2, 0.25) is 0 Å². The fourth-order valence-electron chi connectivity index (χ4n) is 4.86. The maximum atomic E-state index is 13.4. The van der Waals surface area contributed by atoms with Crippen LogP contribution in [0, 0.1) is 0 Å². The van der Waals surface area contributed by atoms with Gasteiger partial charge in [-0.15, -0.1) is 0 Å². The van der Waals surface area contributed by atoms with Gasteiger partial charge in [0.15, 0.2) is 0 Å². The van der Waals surface area contributed by atoms with E-state index in [9.17, 15) is 13.2 Å². The van der Waals surface area contributed by atoms with Gasteiger partial charge in [0.25, 0.3) is 5.91 Å². The molecule has 3 aromatic rings. The Morgan fingerprint density at radius 3 is 2.67 bits per heavy atom. The fourth-order valence-corrected chi connectivity index (χ4v) is 5.85. The summed E-state index contributed by atoms with van der Waals surface area (Å²) in [5, 5.41) is 0.970. The molecule has 36 heavy (non-hydrogen) atoms. The number of nitrogens with one attached hydrogen (secondary N) is 2. The standard InChI is InChI=1S/C25H25N6O4S/c1-17-2-5-19(35-17)14-29-36(33,34)20-6-3-18(4-7-20)24(32)31-13-12-30(15-25(31)9-10-25)23-21-8-11-26-22(21)27-16-28-23/h2-8,11,16,29H,1,9-10,12-15H2,(H,26,27,28)/q+1. The topological polar surface area (TPSA) is 123 Å². The minimum absolute atomic E-state index is 0.0206. The molecule has 6 rings (SSSR count). The molecule has 3 aliphatic rings. The number of ketones is 1. The van der Waals surface area contributed by atoms with Crippen LogP contribution < -0.4 is 9.62 Å². The van der Waals surface area contributed by atoms with Crippen molar-refractivity contribution in [2.45, 2.75) is 23.3 Å². The number of rotatable bonds is 6. The van der Waals surface area contributed by atoms with E-state index in [1.165, 1.54) is 12.1 Å². The largest absolute Gasteiger partial charge is 0.352 e. The van der Waals surface area contributed by atoms with Crippen LogP contribution in [0.3, 0.4) is 0 Å². The van der Waals surface area contributed by atoms with Crippen LogP contribution in [-0.2, 0) is 14.4 Å². The molecule has 2 aromatic heterocycles. The van der Waals surface area contributed by atoms with Crippen molar-refractivity contribution in [3.05, 3.63) is 72.9 Å². The number of aromatic amines is 1. The lowest BCUT2D eigenvalue weighted by Crippen LogP contribution is -2.57. The van der Waals surface area contributed by atoms with E-state index >= 15 is 0 Å². The Kier molecular flexibility index (Phi) is 5.27. The molecule has 1 saturated carbocycles. The zero-order valence-electron chi connectivity index (χ0n) is 19.5. The van der Waals surface area contributed by atoms with Gasteiger partial charge in [-0.05, 0) is 43.2 Å². The van der Waals surface area contributed by atoms with Gasteiger partial charge in [-0.2, -0.15) is 4.72 Å². The summed E-state index contributed by atoms with van der Waals surface area (Å²) in [7, 11) is -3.75. The summed E-state index contributed by atoms with van der Waals surface area (Å²) in [4.78, 5) is 29.6. The first-order chi connectivity index (χ1) is 17.3. The zero-order chi connectivity index (χ0) is 24.9. The molecule has 1 aromatic carbocycles. The van der Waals surface area contributed by atoms with Crippen molar-refractivity contribution < 1.29 is 17.6 Å². The van der Waals surface area contributed by atoms with Crippen LogP contribution in [0.1, 0.15) is 23.2 Å². The normalized spacial score (nSPS) is 18.8. The maximum absolute atomic E-state index is 13.4. The second kappa shape index (κ2) is 8.38. The third-order valence-electron chi connectivity index (χ3n) is 6.92. The van der Waals surface area contributed by atoms with E-state index < -0.39 is 10.0 Å². The van der Waals surface area contributed by atoms with Gasteiger partial charge in [0.1, 0.15) is 24.3 Å². The van der Waals surface area contributed by atoms with Gasteiger partial charge in [-0.25, -0.2) is 22.8 Å². The molecule has 2 fully saturated rings. The highest BCUT2D eigenvalue weighted by Gasteiger charge is 2.53. The molecule has 4 heterocycles. The lowest BCUT2D eigenvalue weighted by atomic mass is 10.1. The average molecular weight is 506 g/mol. The van der Waals surface area contributed by atoms with E-state index in [1.807, 2.05) is 17.2 Å². The molecular weight excluding hydrogens is 480 g/mol. The number of fused-ring (bicyclic) bond motifs is 1. The Morgan fingerprint density at radius 2 is 1.94 bits per heavy atom. The van der Waals surface area contributed by atoms with Gasteiger partial charge in [0.05, 0.1) is 21.9 Å². The van der Waals surface area contributed by atoms with Gasteiger partial charge in [0.2, 0.25) is 10.0 Å². The van der Waals surface area contributed by atoms with E-state index in [-0.39, 0.29) is 22.9 Å². The van der Waals surface area contributed by atoms with Crippen molar-refractivity contribution in [1.82, 2.24) is 24.6 Å². The Bertz CT molecular complexity index is 1540. The summed E-state index contributed by atoms with van der Waals surface area (Å²) in [6.45, 7) is 5.61. The van der Waals surface area contributed by atoms with Crippen LogP contribution in [0.15, 0.2) is 72.2 Å². The molecule has 10 nitrogen and oxygen atoms in total. The second-order valence-electron chi connectivity index (χ2n) is 9.26. The maximum Gasteiger partial charge on any atom is 0.346 e. The number of allylic oxidation sites excluding steroid dienone is 1. The first-order valence-electron chi connectivity index (χ1n) is 11.7. The molecule has 184 valence electrons. The molecule has 0 bridgehead atoms. The number of amides is 1. The Hall–Kier alpha value is -3.83. The van der Waals surface area contributed by atoms with Crippen molar-refractivity contribution in [2.24, 2.45) is 0 Å². The highest BCUT2D eigenvalue weighted by molar-refractivity contribution is 7.89. The predicted octanol–water partition coefficient (Wildman–Crippen LogP) is 1.92. The summed E-state index contributed by atoms with van der Waals surface area (Å²) < 4.78 is 33.2. The molecule has 1 aliphatic carbocycles.